The highest BCUT2D eigenvalue weighted by Crippen LogP contribution is 2.68. The summed E-state index contributed by atoms with van der Waals surface area (Å²) in [5, 5.41) is 9.47. The fraction of sp³-hybridized carbons (Fsp3) is 0.963. The maximum absolute atomic E-state index is 12.6. The zero-order valence-electron chi connectivity index (χ0n) is 21.3. The van der Waals surface area contributed by atoms with Crippen LogP contribution in [0, 0.1) is 46.3 Å². The Bertz CT molecular complexity index is 901. The van der Waals surface area contributed by atoms with Crippen molar-refractivity contribution in [3.8, 4) is 0 Å². The molecule has 5 rings (SSSR count). The number of aliphatic hydroxyl groups is 1. The molecule has 4 saturated carbocycles. The standard InChI is InChI=1S/C27H45NO5S/c1-17(4-9-25(30)28-15-20(16-28)34(31,32)33)22-7-8-23-21-6-5-18-14-19(29)10-12-26(18,2)24(21)11-13-27(22,23)3/h17-24,29H,4-16H2,1-3H3,(H,31,32,33). The lowest BCUT2D eigenvalue weighted by atomic mass is 9.44. The highest BCUT2D eigenvalue weighted by Gasteiger charge is 2.60. The maximum atomic E-state index is 12.6. The number of hydrogen-bond donors (Lipinski definition) is 2. The summed E-state index contributed by atoms with van der Waals surface area (Å²) in [6, 6.07) is 0. The highest BCUT2D eigenvalue weighted by molar-refractivity contribution is 7.86. The second-order valence-electron chi connectivity index (χ2n) is 13.3. The number of fused-ring (bicyclic) bond motifs is 5. The monoisotopic (exact) mass is 495 g/mol. The molecule has 0 aromatic rings. The highest BCUT2D eigenvalue weighted by atomic mass is 32.2. The molecule has 6 nitrogen and oxygen atoms in total. The Morgan fingerprint density at radius 3 is 2.38 bits per heavy atom. The quantitative estimate of drug-likeness (QED) is 0.547. The topological polar surface area (TPSA) is 94.9 Å². The Hall–Kier alpha value is -0.660. The molecule has 0 aromatic carbocycles. The van der Waals surface area contributed by atoms with Crippen molar-refractivity contribution in [3.63, 3.8) is 0 Å². The van der Waals surface area contributed by atoms with E-state index in [0.29, 0.717) is 35.0 Å². The van der Waals surface area contributed by atoms with Crippen molar-refractivity contribution in [2.75, 3.05) is 13.1 Å². The normalized spacial score (nSPS) is 45.6. The Kier molecular flexibility index (Phi) is 6.42. The van der Waals surface area contributed by atoms with Gasteiger partial charge < -0.3 is 10.0 Å². The number of aliphatic hydroxyl groups excluding tert-OH is 1. The first-order valence-corrected chi connectivity index (χ1v) is 15.4. The van der Waals surface area contributed by atoms with E-state index in [4.69, 9.17) is 4.55 Å². The van der Waals surface area contributed by atoms with E-state index in [2.05, 4.69) is 20.8 Å². The second kappa shape index (κ2) is 8.72. The summed E-state index contributed by atoms with van der Waals surface area (Å²) in [6.07, 6.45) is 12.3. The number of carbonyl (C=O) groups excluding carboxylic acids is 1. The van der Waals surface area contributed by atoms with E-state index in [0.717, 1.165) is 37.0 Å². The minimum absolute atomic E-state index is 0.0286. The average Bonchev–Trinajstić information content (AvgIpc) is 3.07. The molecule has 0 spiro atoms. The third kappa shape index (κ3) is 4.06. The lowest BCUT2D eigenvalue weighted by molar-refractivity contribution is -0.135. The smallest absolute Gasteiger partial charge is 0.271 e. The molecular formula is C27H45NO5S. The van der Waals surface area contributed by atoms with Crippen LogP contribution >= 0.6 is 0 Å². The molecule has 0 radical (unpaired) electrons. The molecule has 194 valence electrons. The third-order valence-electron chi connectivity index (χ3n) is 11.8. The summed E-state index contributed by atoms with van der Waals surface area (Å²) in [6.45, 7) is 7.70. The van der Waals surface area contributed by atoms with Crippen molar-refractivity contribution < 1.29 is 22.9 Å². The molecule has 5 fully saturated rings. The second-order valence-corrected chi connectivity index (χ2v) is 15.0. The number of carbonyl (C=O) groups is 1. The zero-order valence-corrected chi connectivity index (χ0v) is 22.1. The first-order valence-electron chi connectivity index (χ1n) is 13.9. The molecule has 5 aliphatic rings. The minimum Gasteiger partial charge on any atom is -0.393 e. The predicted molar refractivity (Wildman–Crippen MR) is 132 cm³/mol. The van der Waals surface area contributed by atoms with Gasteiger partial charge in [0.05, 0.1) is 6.10 Å². The van der Waals surface area contributed by atoms with E-state index in [9.17, 15) is 18.3 Å². The van der Waals surface area contributed by atoms with Gasteiger partial charge in [0.15, 0.2) is 0 Å². The van der Waals surface area contributed by atoms with Crippen LogP contribution in [0.4, 0.5) is 0 Å². The van der Waals surface area contributed by atoms with Crippen LogP contribution in [0.15, 0.2) is 0 Å². The summed E-state index contributed by atoms with van der Waals surface area (Å²) in [5.74, 6) is 4.32. The van der Waals surface area contributed by atoms with Gasteiger partial charge in [-0.25, -0.2) is 0 Å². The van der Waals surface area contributed by atoms with E-state index in [1.165, 1.54) is 44.9 Å². The number of nitrogens with zero attached hydrogens (tertiary/aromatic N) is 1. The van der Waals surface area contributed by atoms with Crippen LogP contribution in [-0.2, 0) is 14.9 Å². The lowest BCUT2D eigenvalue weighted by Gasteiger charge is -2.61. The van der Waals surface area contributed by atoms with E-state index in [1.54, 1.807) is 4.90 Å². The molecule has 4 aliphatic carbocycles. The molecule has 1 heterocycles. The fourth-order valence-electron chi connectivity index (χ4n) is 9.75. The van der Waals surface area contributed by atoms with Gasteiger partial charge in [-0.15, -0.1) is 0 Å². The molecule has 7 heteroatoms. The van der Waals surface area contributed by atoms with Gasteiger partial charge in [0.2, 0.25) is 5.91 Å². The van der Waals surface area contributed by atoms with Gasteiger partial charge in [-0.3, -0.25) is 9.35 Å². The first kappa shape index (κ1) is 25.0. The predicted octanol–water partition coefficient (Wildman–Crippen LogP) is 4.52. The molecule has 1 saturated heterocycles. The summed E-state index contributed by atoms with van der Waals surface area (Å²) in [5.41, 5.74) is 0.782. The van der Waals surface area contributed by atoms with Gasteiger partial charge >= 0.3 is 0 Å². The van der Waals surface area contributed by atoms with Crippen molar-refractivity contribution >= 4 is 16.0 Å². The Labute approximate surface area is 206 Å². The molecule has 2 N–H and O–H groups in total. The molecule has 9 unspecified atom stereocenters. The van der Waals surface area contributed by atoms with Crippen molar-refractivity contribution in [1.29, 1.82) is 0 Å². The maximum Gasteiger partial charge on any atom is 0.271 e. The van der Waals surface area contributed by atoms with Gasteiger partial charge in [-0.2, -0.15) is 8.42 Å². The van der Waals surface area contributed by atoms with Crippen molar-refractivity contribution in [2.45, 2.75) is 103 Å². The van der Waals surface area contributed by atoms with Gasteiger partial charge in [0.1, 0.15) is 5.25 Å². The summed E-state index contributed by atoms with van der Waals surface area (Å²) >= 11 is 0. The Morgan fingerprint density at radius 2 is 1.68 bits per heavy atom. The molecular weight excluding hydrogens is 450 g/mol. The van der Waals surface area contributed by atoms with Crippen LogP contribution < -0.4 is 0 Å². The summed E-state index contributed by atoms with van der Waals surface area (Å²) in [7, 11) is -4.03. The average molecular weight is 496 g/mol. The Morgan fingerprint density at radius 1 is 1.00 bits per heavy atom. The Balaban J connectivity index is 1.19. The van der Waals surface area contributed by atoms with Crippen LogP contribution in [0.25, 0.3) is 0 Å². The minimum atomic E-state index is -4.03. The van der Waals surface area contributed by atoms with Crippen LogP contribution in [0.5, 0.6) is 0 Å². The van der Waals surface area contributed by atoms with Crippen molar-refractivity contribution in [3.05, 3.63) is 0 Å². The molecule has 0 bridgehead atoms. The first-order chi connectivity index (χ1) is 15.9. The third-order valence-corrected chi connectivity index (χ3v) is 13.0. The lowest BCUT2D eigenvalue weighted by Crippen LogP contribution is -2.56. The molecule has 9 atom stereocenters. The number of hydrogen-bond acceptors (Lipinski definition) is 4. The molecule has 34 heavy (non-hydrogen) atoms. The van der Waals surface area contributed by atoms with E-state index < -0.39 is 15.4 Å². The van der Waals surface area contributed by atoms with E-state index in [-0.39, 0.29) is 25.1 Å². The van der Waals surface area contributed by atoms with Crippen molar-refractivity contribution in [1.82, 2.24) is 4.90 Å². The van der Waals surface area contributed by atoms with Crippen LogP contribution in [0.1, 0.15) is 91.4 Å². The van der Waals surface area contributed by atoms with Crippen LogP contribution in [0.3, 0.4) is 0 Å². The molecule has 1 amide bonds. The summed E-state index contributed by atoms with van der Waals surface area (Å²) < 4.78 is 31.6. The molecule has 0 aromatic heterocycles. The van der Waals surface area contributed by atoms with Gasteiger partial charge in [0, 0.05) is 19.5 Å². The van der Waals surface area contributed by atoms with Gasteiger partial charge in [-0.05, 0) is 111 Å². The van der Waals surface area contributed by atoms with Crippen LogP contribution in [0.2, 0.25) is 0 Å². The largest absolute Gasteiger partial charge is 0.393 e. The van der Waals surface area contributed by atoms with E-state index in [1.807, 2.05) is 0 Å². The molecule has 1 aliphatic heterocycles. The zero-order chi connectivity index (χ0) is 24.5. The fourth-order valence-corrected chi connectivity index (χ4v) is 10.5. The van der Waals surface area contributed by atoms with Crippen LogP contribution in [-0.4, -0.2) is 53.3 Å². The number of amides is 1. The SMILES string of the molecule is CC(CCC(=O)N1CC(S(=O)(=O)O)C1)C1CCC2C3CCC4CC(O)CCC4(C)C3CCC12C. The van der Waals surface area contributed by atoms with Crippen molar-refractivity contribution in [2.24, 2.45) is 46.3 Å². The van der Waals surface area contributed by atoms with Gasteiger partial charge in [0.25, 0.3) is 10.1 Å². The summed E-state index contributed by atoms with van der Waals surface area (Å²) in [4.78, 5) is 14.2. The number of rotatable bonds is 5. The number of likely N-dealkylation sites (tertiary alicyclic amines) is 1. The van der Waals surface area contributed by atoms with E-state index >= 15 is 0 Å². The van der Waals surface area contributed by atoms with Gasteiger partial charge in [-0.1, -0.05) is 20.8 Å².